The first-order chi connectivity index (χ1) is 4.50. The molecule has 0 N–H and O–H groups in total. The van der Waals surface area contributed by atoms with Crippen molar-refractivity contribution < 1.29 is 9.46 Å². The number of hydrogen-bond donors (Lipinski definition) is 0. The van der Waals surface area contributed by atoms with Gasteiger partial charge >= 0.3 is 0 Å². The summed E-state index contributed by atoms with van der Waals surface area (Å²) in [7, 11) is -3.31. The Bertz CT molecular complexity index is 165. The average Bonchev–Trinajstić information content (AvgIpc) is 1.58. The lowest BCUT2D eigenvalue weighted by molar-refractivity contribution is 0.356. The first-order valence-corrected chi connectivity index (χ1v) is 5.44. The Hall–Kier alpha value is 0.190. The molecule has 0 fully saturated rings. The molecule has 67 valence electrons. The summed E-state index contributed by atoms with van der Waals surface area (Å²) in [6, 6.07) is 0. The van der Waals surface area contributed by atoms with Crippen molar-refractivity contribution in [2.45, 2.75) is 51.9 Å². The summed E-state index contributed by atoms with van der Waals surface area (Å²) < 4.78 is 11.7. The molecule has 0 rings (SSSR count). The molecule has 3 heteroatoms. The highest BCUT2D eigenvalue weighted by Gasteiger charge is 2.46. The van der Waals surface area contributed by atoms with Gasteiger partial charge in [-0.3, -0.25) is 4.57 Å². The van der Waals surface area contributed by atoms with E-state index in [4.69, 9.17) is 0 Å². The quantitative estimate of drug-likeness (QED) is 0.523. The first-order valence-electron chi connectivity index (χ1n) is 3.81. The van der Waals surface area contributed by atoms with Gasteiger partial charge in [0.05, 0.1) is 0 Å². The van der Waals surface area contributed by atoms with Crippen LogP contribution in [0.4, 0.5) is 0 Å². The lowest BCUT2D eigenvalue weighted by Gasteiger charge is -2.33. The molecule has 1 radical (unpaired) electrons. The van der Waals surface area contributed by atoms with Crippen LogP contribution in [0.5, 0.6) is 0 Å². The van der Waals surface area contributed by atoms with Crippen LogP contribution in [0.2, 0.25) is 0 Å². The maximum Gasteiger partial charge on any atom is 0.246 e. The molecule has 0 aromatic rings. The van der Waals surface area contributed by atoms with Crippen LogP contribution < -0.4 is 0 Å². The predicted octanol–water partition coefficient (Wildman–Crippen LogP) is 3.29. The molecule has 0 atom stereocenters. The molecular formula is C8H18O2P. The fourth-order valence-electron chi connectivity index (χ4n) is 1.01. The second kappa shape index (κ2) is 2.60. The van der Waals surface area contributed by atoms with Crippen LogP contribution in [0.15, 0.2) is 0 Å². The molecule has 0 saturated carbocycles. The van der Waals surface area contributed by atoms with Gasteiger partial charge in [-0.1, -0.05) is 41.5 Å². The monoisotopic (exact) mass is 177 g/mol. The summed E-state index contributed by atoms with van der Waals surface area (Å²) in [6.07, 6.45) is 0. The molecule has 11 heavy (non-hydrogen) atoms. The summed E-state index contributed by atoms with van der Waals surface area (Å²) in [4.78, 5) is 11.7. The van der Waals surface area contributed by atoms with Crippen molar-refractivity contribution in [3.8, 4) is 0 Å². The van der Waals surface area contributed by atoms with Crippen LogP contribution >= 0.6 is 7.37 Å². The van der Waals surface area contributed by atoms with Crippen molar-refractivity contribution in [2.75, 3.05) is 0 Å². The number of hydrogen-bond acceptors (Lipinski definition) is 1. The average molecular weight is 177 g/mol. The molecule has 2 nitrogen and oxygen atoms in total. The van der Waals surface area contributed by atoms with Gasteiger partial charge in [0.15, 0.2) is 0 Å². The summed E-state index contributed by atoms with van der Waals surface area (Å²) in [5.41, 5.74) is 0. The maximum absolute atomic E-state index is 11.7. The van der Waals surface area contributed by atoms with Gasteiger partial charge < -0.3 is 0 Å². The van der Waals surface area contributed by atoms with Gasteiger partial charge in [0.25, 0.3) is 0 Å². The lowest BCUT2D eigenvalue weighted by atomic mass is 10.2. The minimum atomic E-state index is -3.31. The molecule has 0 heterocycles. The van der Waals surface area contributed by atoms with E-state index in [1.807, 2.05) is 0 Å². The zero-order chi connectivity index (χ0) is 9.50. The van der Waals surface area contributed by atoms with Crippen molar-refractivity contribution >= 4 is 7.37 Å². The van der Waals surface area contributed by atoms with Gasteiger partial charge in [-0.05, 0) is 0 Å². The van der Waals surface area contributed by atoms with Crippen molar-refractivity contribution in [2.24, 2.45) is 0 Å². The van der Waals surface area contributed by atoms with Gasteiger partial charge in [0, 0.05) is 10.3 Å². The highest BCUT2D eigenvalue weighted by Crippen LogP contribution is 2.64. The van der Waals surface area contributed by atoms with Crippen molar-refractivity contribution in [1.82, 2.24) is 0 Å². The van der Waals surface area contributed by atoms with E-state index in [0.29, 0.717) is 0 Å². The molecule has 0 aromatic heterocycles. The second-order valence-corrected chi connectivity index (χ2v) is 8.68. The Morgan fingerprint density at radius 3 is 1.00 bits per heavy atom. The maximum atomic E-state index is 11.7. The zero-order valence-electron chi connectivity index (χ0n) is 8.26. The normalized spacial score (nSPS) is 15.2. The van der Waals surface area contributed by atoms with Crippen LogP contribution in [-0.2, 0) is 9.46 Å². The first kappa shape index (κ1) is 11.2. The van der Waals surface area contributed by atoms with Crippen LogP contribution in [0.1, 0.15) is 41.5 Å². The summed E-state index contributed by atoms with van der Waals surface area (Å²) >= 11 is 0. The fraction of sp³-hybridized carbons (Fsp3) is 1.00. The summed E-state index contributed by atoms with van der Waals surface area (Å²) in [5.74, 6) is 0. The minimum Gasteiger partial charge on any atom is -0.289 e. The highest BCUT2D eigenvalue weighted by atomic mass is 31.2. The molecule has 0 bridgehead atoms. The van der Waals surface area contributed by atoms with E-state index in [0.717, 1.165) is 0 Å². The Labute approximate surface area is 69.5 Å². The highest BCUT2D eigenvalue weighted by molar-refractivity contribution is 7.60. The fourth-order valence-corrected chi connectivity index (χ4v) is 3.02. The van der Waals surface area contributed by atoms with Crippen molar-refractivity contribution in [1.29, 1.82) is 0 Å². The van der Waals surface area contributed by atoms with E-state index in [9.17, 15) is 9.46 Å². The van der Waals surface area contributed by atoms with Crippen LogP contribution in [0.25, 0.3) is 0 Å². The van der Waals surface area contributed by atoms with Crippen LogP contribution in [0.3, 0.4) is 0 Å². The summed E-state index contributed by atoms with van der Waals surface area (Å²) in [6.45, 7) is 10.5. The van der Waals surface area contributed by atoms with E-state index in [2.05, 4.69) is 0 Å². The van der Waals surface area contributed by atoms with Crippen LogP contribution in [0, 0.1) is 0 Å². The Balaban J connectivity index is 4.92. The van der Waals surface area contributed by atoms with E-state index >= 15 is 0 Å². The standard InChI is InChI=1S/C8H18O2P/c1-7(2,3)11(9,10)8(4,5)6/h1-6H3. The second-order valence-electron chi connectivity index (χ2n) is 4.89. The van der Waals surface area contributed by atoms with Gasteiger partial charge in [0.2, 0.25) is 7.37 Å². The molecule has 0 amide bonds. The molecule has 0 aliphatic carbocycles. The van der Waals surface area contributed by atoms with Crippen molar-refractivity contribution in [3.05, 3.63) is 0 Å². The largest absolute Gasteiger partial charge is 0.289 e. The topological polar surface area (TPSA) is 37.0 Å². The van der Waals surface area contributed by atoms with E-state index in [1.165, 1.54) is 0 Å². The molecule has 0 saturated heterocycles. The molecule has 0 aliphatic heterocycles. The Kier molecular flexibility index (Phi) is 2.65. The molecule has 0 aliphatic rings. The Morgan fingerprint density at radius 1 is 0.818 bits per heavy atom. The van der Waals surface area contributed by atoms with Gasteiger partial charge in [0.1, 0.15) is 0 Å². The smallest absolute Gasteiger partial charge is 0.246 e. The van der Waals surface area contributed by atoms with E-state index < -0.39 is 17.7 Å². The molecular weight excluding hydrogens is 159 g/mol. The summed E-state index contributed by atoms with van der Waals surface area (Å²) in [5, 5.41) is -1.24. The predicted molar refractivity (Wildman–Crippen MR) is 47.8 cm³/mol. The molecule has 0 unspecified atom stereocenters. The number of rotatable bonds is 0. The third kappa shape index (κ3) is 2.07. The third-order valence-electron chi connectivity index (χ3n) is 1.77. The Morgan fingerprint density at radius 2 is 1.00 bits per heavy atom. The van der Waals surface area contributed by atoms with Crippen LogP contribution in [-0.4, -0.2) is 10.3 Å². The molecule has 0 aromatic carbocycles. The minimum absolute atomic E-state index is 0.620. The lowest BCUT2D eigenvalue weighted by Crippen LogP contribution is -2.27. The zero-order valence-corrected chi connectivity index (χ0v) is 9.16. The van der Waals surface area contributed by atoms with E-state index in [-0.39, 0.29) is 0 Å². The van der Waals surface area contributed by atoms with Gasteiger partial charge in [-0.25, -0.2) is 0 Å². The SMILES string of the molecule is CC(C)(C)P([O])(=O)C(C)(C)C. The van der Waals surface area contributed by atoms with Crippen molar-refractivity contribution in [3.63, 3.8) is 0 Å². The van der Waals surface area contributed by atoms with Gasteiger partial charge in [-0.15, -0.1) is 0 Å². The third-order valence-corrected chi connectivity index (χ3v) is 5.30. The van der Waals surface area contributed by atoms with Gasteiger partial charge in [-0.2, -0.15) is 4.89 Å². The molecule has 0 spiro atoms. The van der Waals surface area contributed by atoms with E-state index in [1.54, 1.807) is 41.5 Å².